The van der Waals surface area contributed by atoms with Crippen LogP contribution in [0.4, 0.5) is 17.1 Å². The maximum absolute atomic E-state index is 12.2. The summed E-state index contributed by atoms with van der Waals surface area (Å²) in [4.78, 5) is 23.3. The van der Waals surface area contributed by atoms with Crippen LogP contribution in [0.2, 0.25) is 5.02 Å². The third-order valence-electron chi connectivity index (χ3n) is 3.62. The SMILES string of the molecule is COc1cc(Cl)c(C)cc1NC(=O)CCNc1cccc(NC(C)=O)c1. The zero-order valence-electron chi connectivity index (χ0n) is 15.0. The van der Waals surface area contributed by atoms with E-state index in [1.165, 1.54) is 14.0 Å². The van der Waals surface area contributed by atoms with Crippen LogP contribution in [0, 0.1) is 6.92 Å². The molecule has 7 heteroatoms. The first-order valence-corrected chi connectivity index (χ1v) is 8.52. The van der Waals surface area contributed by atoms with Crippen LogP contribution < -0.4 is 20.7 Å². The van der Waals surface area contributed by atoms with E-state index in [9.17, 15) is 9.59 Å². The summed E-state index contributed by atoms with van der Waals surface area (Å²) >= 11 is 6.07. The number of rotatable bonds is 7. The maximum atomic E-state index is 12.2. The Kier molecular flexibility index (Phi) is 6.86. The summed E-state index contributed by atoms with van der Waals surface area (Å²) in [6.45, 7) is 3.77. The minimum absolute atomic E-state index is 0.131. The van der Waals surface area contributed by atoms with E-state index in [1.54, 1.807) is 18.2 Å². The van der Waals surface area contributed by atoms with Gasteiger partial charge in [0, 0.05) is 42.4 Å². The second-order valence-corrected chi connectivity index (χ2v) is 6.20. The number of carbonyl (C=O) groups excluding carboxylic acids is 2. The molecule has 6 nitrogen and oxygen atoms in total. The standard InChI is InChI=1S/C19H22ClN3O3/c1-12-9-17(18(26-3)11-16(12)20)23-19(25)7-8-21-14-5-4-6-15(10-14)22-13(2)24/h4-6,9-11,21H,7-8H2,1-3H3,(H,22,24)(H,23,25). The van der Waals surface area contributed by atoms with Crippen molar-refractivity contribution >= 4 is 40.5 Å². The Bertz CT molecular complexity index is 809. The molecule has 2 aromatic rings. The van der Waals surface area contributed by atoms with Gasteiger partial charge in [0.1, 0.15) is 5.75 Å². The Morgan fingerprint density at radius 3 is 2.54 bits per heavy atom. The van der Waals surface area contributed by atoms with Gasteiger partial charge in [-0.25, -0.2) is 0 Å². The Morgan fingerprint density at radius 1 is 1.12 bits per heavy atom. The van der Waals surface area contributed by atoms with Crippen LogP contribution in [-0.4, -0.2) is 25.5 Å². The largest absolute Gasteiger partial charge is 0.495 e. The van der Waals surface area contributed by atoms with Crippen LogP contribution in [0.15, 0.2) is 36.4 Å². The van der Waals surface area contributed by atoms with Crippen molar-refractivity contribution in [2.45, 2.75) is 20.3 Å². The third-order valence-corrected chi connectivity index (χ3v) is 4.03. The molecule has 0 spiro atoms. The van der Waals surface area contributed by atoms with Crippen molar-refractivity contribution in [1.29, 1.82) is 0 Å². The van der Waals surface area contributed by atoms with Crippen LogP contribution in [-0.2, 0) is 9.59 Å². The van der Waals surface area contributed by atoms with Gasteiger partial charge in [-0.1, -0.05) is 17.7 Å². The van der Waals surface area contributed by atoms with E-state index in [0.29, 0.717) is 28.7 Å². The highest BCUT2D eigenvalue weighted by atomic mass is 35.5. The Hall–Kier alpha value is -2.73. The summed E-state index contributed by atoms with van der Waals surface area (Å²) in [5.41, 5.74) is 2.97. The third kappa shape index (κ3) is 5.67. The van der Waals surface area contributed by atoms with Crippen molar-refractivity contribution in [2.24, 2.45) is 0 Å². The van der Waals surface area contributed by atoms with Crippen LogP contribution >= 0.6 is 11.6 Å². The minimum Gasteiger partial charge on any atom is -0.495 e. The van der Waals surface area contributed by atoms with E-state index >= 15 is 0 Å². The number of hydrogen-bond donors (Lipinski definition) is 3. The summed E-state index contributed by atoms with van der Waals surface area (Å²) in [6, 6.07) is 10.8. The number of benzene rings is 2. The quantitative estimate of drug-likeness (QED) is 0.682. The Balaban J connectivity index is 1.90. The lowest BCUT2D eigenvalue weighted by Gasteiger charge is -2.13. The molecule has 0 unspecified atom stereocenters. The molecule has 2 rings (SSSR count). The summed E-state index contributed by atoms with van der Waals surface area (Å²) in [6.07, 6.45) is 0.273. The molecule has 3 N–H and O–H groups in total. The summed E-state index contributed by atoms with van der Waals surface area (Å²) in [5.74, 6) is 0.245. The molecule has 0 saturated heterocycles. The number of hydrogen-bond acceptors (Lipinski definition) is 4. The van der Waals surface area contributed by atoms with Crippen molar-refractivity contribution < 1.29 is 14.3 Å². The number of halogens is 1. The lowest BCUT2D eigenvalue weighted by Crippen LogP contribution is -2.17. The smallest absolute Gasteiger partial charge is 0.226 e. The molecule has 2 amide bonds. The van der Waals surface area contributed by atoms with Gasteiger partial charge < -0.3 is 20.7 Å². The van der Waals surface area contributed by atoms with Gasteiger partial charge in [-0.3, -0.25) is 9.59 Å². The molecular weight excluding hydrogens is 354 g/mol. The van der Waals surface area contributed by atoms with E-state index in [-0.39, 0.29) is 18.2 Å². The van der Waals surface area contributed by atoms with Crippen LogP contribution in [0.5, 0.6) is 5.75 Å². The molecule has 0 radical (unpaired) electrons. The fraction of sp³-hybridized carbons (Fsp3) is 0.263. The second kappa shape index (κ2) is 9.10. The molecule has 2 aromatic carbocycles. The highest BCUT2D eigenvalue weighted by Crippen LogP contribution is 2.31. The molecule has 0 aliphatic heterocycles. The van der Waals surface area contributed by atoms with Gasteiger partial charge in [0.05, 0.1) is 12.8 Å². The minimum atomic E-state index is -0.143. The highest BCUT2D eigenvalue weighted by Gasteiger charge is 2.10. The zero-order valence-corrected chi connectivity index (χ0v) is 15.7. The lowest BCUT2D eigenvalue weighted by atomic mass is 10.2. The van der Waals surface area contributed by atoms with Crippen LogP contribution in [0.1, 0.15) is 18.9 Å². The first-order valence-electron chi connectivity index (χ1n) is 8.14. The van der Waals surface area contributed by atoms with Gasteiger partial charge in [-0.05, 0) is 36.8 Å². The molecule has 0 aliphatic rings. The van der Waals surface area contributed by atoms with E-state index in [0.717, 1.165) is 11.3 Å². The van der Waals surface area contributed by atoms with E-state index in [2.05, 4.69) is 16.0 Å². The molecule has 138 valence electrons. The zero-order chi connectivity index (χ0) is 19.1. The van der Waals surface area contributed by atoms with E-state index < -0.39 is 0 Å². The lowest BCUT2D eigenvalue weighted by molar-refractivity contribution is -0.116. The number of nitrogens with one attached hydrogen (secondary N) is 3. The predicted octanol–water partition coefficient (Wildman–Crippen LogP) is 4.06. The van der Waals surface area contributed by atoms with Crippen molar-refractivity contribution in [3.05, 3.63) is 47.0 Å². The van der Waals surface area contributed by atoms with Crippen LogP contribution in [0.3, 0.4) is 0 Å². The monoisotopic (exact) mass is 375 g/mol. The fourth-order valence-corrected chi connectivity index (χ4v) is 2.53. The summed E-state index contributed by atoms with van der Waals surface area (Å²) in [5, 5.41) is 9.29. The molecule has 0 bridgehead atoms. The number of ether oxygens (including phenoxy) is 1. The van der Waals surface area contributed by atoms with Gasteiger partial charge in [-0.15, -0.1) is 0 Å². The average molecular weight is 376 g/mol. The van der Waals surface area contributed by atoms with Gasteiger partial charge >= 0.3 is 0 Å². The molecule has 0 aliphatic carbocycles. The normalized spacial score (nSPS) is 10.2. The van der Waals surface area contributed by atoms with E-state index in [1.807, 2.05) is 25.1 Å². The number of carbonyl (C=O) groups is 2. The predicted molar refractivity (Wildman–Crippen MR) is 105 cm³/mol. The molecule has 0 saturated carbocycles. The van der Waals surface area contributed by atoms with Crippen LogP contribution in [0.25, 0.3) is 0 Å². The number of anilines is 3. The number of amides is 2. The maximum Gasteiger partial charge on any atom is 0.226 e. The Morgan fingerprint density at radius 2 is 1.85 bits per heavy atom. The van der Waals surface area contributed by atoms with Crippen molar-refractivity contribution in [1.82, 2.24) is 0 Å². The molecule has 26 heavy (non-hydrogen) atoms. The fourth-order valence-electron chi connectivity index (χ4n) is 2.37. The summed E-state index contributed by atoms with van der Waals surface area (Å²) < 4.78 is 5.25. The summed E-state index contributed by atoms with van der Waals surface area (Å²) in [7, 11) is 1.53. The highest BCUT2D eigenvalue weighted by molar-refractivity contribution is 6.31. The van der Waals surface area contributed by atoms with Gasteiger partial charge in [0.25, 0.3) is 0 Å². The molecule has 0 heterocycles. The topological polar surface area (TPSA) is 79.5 Å². The molecule has 0 atom stereocenters. The van der Waals surface area contributed by atoms with Crippen molar-refractivity contribution in [3.63, 3.8) is 0 Å². The van der Waals surface area contributed by atoms with Crippen molar-refractivity contribution in [2.75, 3.05) is 29.6 Å². The van der Waals surface area contributed by atoms with Gasteiger partial charge in [0.15, 0.2) is 0 Å². The first-order chi connectivity index (χ1) is 12.4. The molecule has 0 fully saturated rings. The van der Waals surface area contributed by atoms with Crippen molar-refractivity contribution in [3.8, 4) is 5.75 Å². The van der Waals surface area contributed by atoms with E-state index in [4.69, 9.17) is 16.3 Å². The Labute approximate surface area is 157 Å². The number of aryl methyl sites for hydroxylation is 1. The number of methoxy groups -OCH3 is 1. The molecule has 0 aromatic heterocycles. The first kappa shape index (κ1) is 19.6. The van der Waals surface area contributed by atoms with Gasteiger partial charge in [-0.2, -0.15) is 0 Å². The molecular formula is C19H22ClN3O3. The van der Waals surface area contributed by atoms with Gasteiger partial charge in [0.2, 0.25) is 11.8 Å². The second-order valence-electron chi connectivity index (χ2n) is 5.79. The average Bonchev–Trinajstić information content (AvgIpc) is 2.57.